The summed E-state index contributed by atoms with van der Waals surface area (Å²) in [4.78, 5) is 9.16. The van der Waals surface area contributed by atoms with Gasteiger partial charge in [-0.3, -0.25) is 0 Å². The van der Waals surface area contributed by atoms with Crippen LogP contribution in [0.25, 0.3) is 5.69 Å². The van der Waals surface area contributed by atoms with Crippen LogP contribution in [0.3, 0.4) is 0 Å². The van der Waals surface area contributed by atoms with Crippen LogP contribution >= 0.6 is 11.3 Å². The molecule has 3 heterocycles. The monoisotopic (exact) mass is 410 g/mol. The quantitative estimate of drug-likeness (QED) is 0.420. The number of benzene rings is 2. The van der Waals surface area contributed by atoms with Crippen LogP contribution in [-0.4, -0.2) is 26.6 Å². The molecule has 0 amide bonds. The summed E-state index contributed by atoms with van der Waals surface area (Å²) in [6.45, 7) is 2.12. The minimum absolute atomic E-state index is 0.151. The summed E-state index contributed by atoms with van der Waals surface area (Å²) in [5.41, 5.74) is 4.49. The second-order valence-corrected chi connectivity index (χ2v) is 8.91. The van der Waals surface area contributed by atoms with E-state index >= 15 is 0 Å². The number of aliphatic imine (C=N–C) groups is 1. The molecule has 1 saturated carbocycles. The van der Waals surface area contributed by atoms with Crippen molar-refractivity contribution in [2.45, 2.75) is 31.8 Å². The van der Waals surface area contributed by atoms with Gasteiger partial charge in [0.2, 0.25) is 0 Å². The van der Waals surface area contributed by atoms with Crippen molar-refractivity contribution in [3.8, 4) is 5.69 Å². The van der Waals surface area contributed by atoms with Crippen LogP contribution in [0.4, 0.5) is 5.82 Å². The van der Waals surface area contributed by atoms with Crippen LogP contribution in [0.5, 0.6) is 0 Å². The largest absolute Gasteiger partial charge is 0.341 e. The van der Waals surface area contributed by atoms with Crippen molar-refractivity contribution in [1.82, 2.24) is 14.7 Å². The molecule has 6 rings (SSSR count). The molecule has 2 aromatic heterocycles. The Morgan fingerprint density at radius 1 is 0.900 bits per heavy atom. The molecule has 1 atom stereocenters. The molecule has 0 saturated heterocycles. The van der Waals surface area contributed by atoms with E-state index in [4.69, 9.17) is 10.1 Å². The Morgan fingerprint density at radius 2 is 1.63 bits per heavy atom. The highest BCUT2D eigenvalue weighted by molar-refractivity contribution is 7.10. The van der Waals surface area contributed by atoms with Gasteiger partial charge in [0.15, 0.2) is 5.82 Å². The van der Waals surface area contributed by atoms with Gasteiger partial charge in [-0.15, -0.1) is 11.3 Å². The van der Waals surface area contributed by atoms with Gasteiger partial charge in [-0.1, -0.05) is 54.6 Å². The van der Waals surface area contributed by atoms with E-state index in [1.165, 1.54) is 23.3 Å². The maximum atomic E-state index is 5.26. The van der Waals surface area contributed by atoms with Crippen LogP contribution in [0.1, 0.15) is 40.6 Å². The number of fused-ring (bicyclic) bond motifs is 1. The SMILES string of the molecule is Cc1nn(-c2ccccc2)c2c1[C@@H](c1cccs1)N(C1CC1)C(c1ccccc1)=N2. The molecule has 0 unspecified atom stereocenters. The minimum Gasteiger partial charge on any atom is -0.341 e. The Hall–Kier alpha value is -3.18. The fraction of sp³-hybridized carbons (Fsp3) is 0.200. The first-order valence-corrected chi connectivity index (χ1v) is 11.3. The Kier molecular flexibility index (Phi) is 4.09. The highest BCUT2D eigenvalue weighted by atomic mass is 32.1. The fourth-order valence-corrected chi connectivity index (χ4v) is 5.22. The van der Waals surface area contributed by atoms with Crippen molar-refractivity contribution in [2.24, 2.45) is 4.99 Å². The number of amidine groups is 1. The zero-order valence-corrected chi connectivity index (χ0v) is 17.6. The molecule has 4 aromatic rings. The van der Waals surface area contributed by atoms with Gasteiger partial charge in [-0.05, 0) is 43.3 Å². The van der Waals surface area contributed by atoms with E-state index in [1.54, 1.807) is 0 Å². The first-order valence-electron chi connectivity index (χ1n) is 10.4. The average Bonchev–Trinajstić information content (AvgIpc) is 3.38. The number of aryl methyl sites for hydroxylation is 1. The van der Waals surface area contributed by atoms with E-state index in [-0.39, 0.29) is 6.04 Å². The van der Waals surface area contributed by atoms with E-state index in [2.05, 4.69) is 83.9 Å². The normalized spacial score (nSPS) is 18.2. The first-order chi connectivity index (χ1) is 14.8. The zero-order valence-electron chi connectivity index (χ0n) is 16.8. The molecular weight excluding hydrogens is 388 g/mol. The summed E-state index contributed by atoms with van der Waals surface area (Å²) in [6, 6.07) is 26.0. The molecule has 0 spiro atoms. The Labute approximate surface area is 180 Å². The molecule has 1 aliphatic carbocycles. The predicted molar refractivity (Wildman–Crippen MR) is 122 cm³/mol. The number of rotatable bonds is 4. The third-order valence-electron chi connectivity index (χ3n) is 5.87. The second kappa shape index (κ2) is 6.96. The average molecular weight is 411 g/mol. The molecule has 5 heteroatoms. The lowest BCUT2D eigenvalue weighted by molar-refractivity contribution is 0.345. The first kappa shape index (κ1) is 17.7. The number of hydrogen-bond acceptors (Lipinski definition) is 4. The molecule has 1 fully saturated rings. The Bertz CT molecular complexity index is 1210. The van der Waals surface area contributed by atoms with Gasteiger partial charge < -0.3 is 4.90 Å². The van der Waals surface area contributed by atoms with Gasteiger partial charge in [0, 0.05) is 22.0 Å². The van der Waals surface area contributed by atoms with E-state index in [9.17, 15) is 0 Å². The number of aromatic nitrogens is 2. The lowest BCUT2D eigenvalue weighted by Crippen LogP contribution is -2.40. The van der Waals surface area contributed by atoms with Crippen LogP contribution in [0.2, 0.25) is 0 Å². The number of para-hydroxylation sites is 1. The molecule has 0 radical (unpaired) electrons. The highest BCUT2D eigenvalue weighted by Crippen LogP contribution is 2.48. The summed E-state index contributed by atoms with van der Waals surface area (Å²) in [5, 5.41) is 7.12. The number of hydrogen-bond donors (Lipinski definition) is 0. The number of thiophene rings is 1. The summed E-state index contributed by atoms with van der Waals surface area (Å²) in [6.07, 6.45) is 2.43. The Morgan fingerprint density at radius 3 is 2.30 bits per heavy atom. The molecule has 2 aliphatic rings. The van der Waals surface area contributed by atoms with Gasteiger partial charge in [-0.25, -0.2) is 9.67 Å². The molecule has 2 aromatic carbocycles. The van der Waals surface area contributed by atoms with Gasteiger partial charge >= 0.3 is 0 Å². The number of nitrogens with zero attached hydrogens (tertiary/aromatic N) is 4. The summed E-state index contributed by atoms with van der Waals surface area (Å²) in [7, 11) is 0. The maximum absolute atomic E-state index is 5.26. The third kappa shape index (κ3) is 2.81. The van der Waals surface area contributed by atoms with Crippen LogP contribution < -0.4 is 0 Å². The molecule has 30 heavy (non-hydrogen) atoms. The molecular formula is C25H22N4S. The van der Waals surface area contributed by atoms with Gasteiger partial charge in [-0.2, -0.15) is 5.10 Å². The standard InChI is InChI=1S/C25H22N4S/c1-17-22-23(21-13-8-16-30-21)28(19-14-15-19)24(18-9-4-2-5-10-18)26-25(22)29(27-17)20-11-6-3-7-12-20/h2-13,16,19,23H,14-15H2,1H3/t23-/m1/s1. The van der Waals surface area contributed by atoms with Gasteiger partial charge in [0.05, 0.1) is 17.4 Å². The van der Waals surface area contributed by atoms with Crippen molar-refractivity contribution in [1.29, 1.82) is 0 Å². The van der Waals surface area contributed by atoms with E-state index in [1.807, 2.05) is 22.1 Å². The molecule has 1 aliphatic heterocycles. The van der Waals surface area contributed by atoms with Crippen LogP contribution in [-0.2, 0) is 0 Å². The van der Waals surface area contributed by atoms with Crippen molar-refractivity contribution in [3.05, 3.63) is 99.9 Å². The van der Waals surface area contributed by atoms with Crippen LogP contribution in [0, 0.1) is 6.92 Å². The van der Waals surface area contributed by atoms with Crippen molar-refractivity contribution in [2.75, 3.05) is 0 Å². The third-order valence-corrected chi connectivity index (χ3v) is 6.80. The smallest absolute Gasteiger partial charge is 0.163 e. The highest BCUT2D eigenvalue weighted by Gasteiger charge is 2.43. The van der Waals surface area contributed by atoms with E-state index < -0.39 is 0 Å². The van der Waals surface area contributed by atoms with Gasteiger partial charge in [0.1, 0.15) is 5.84 Å². The van der Waals surface area contributed by atoms with Crippen molar-refractivity contribution >= 4 is 23.0 Å². The topological polar surface area (TPSA) is 33.4 Å². The zero-order chi connectivity index (χ0) is 20.1. The predicted octanol–water partition coefficient (Wildman–Crippen LogP) is 5.89. The summed E-state index contributed by atoms with van der Waals surface area (Å²) < 4.78 is 2.01. The van der Waals surface area contributed by atoms with E-state index in [0.717, 1.165) is 28.6 Å². The minimum atomic E-state index is 0.151. The molecule has 0 N–H and O–H groups in total. The molecule has 0 bridgehead atoms. The fourth-order valence-electron chi connectivity index (χ4n) is 4.39. The van der Waals surface area contributed by atoms with Crippen molar-refractivity contribution in [3.63, 3.8) is 0 Å². The lowest BCUT2D eigenvalue weighted by Gasteiger charge is -2.37. The van der Waals surface area contributed by atoms with Gasteiger partial charge in [0.25, 0.3) is 0 Å². The maximum Gasteiger partial charge on any atom is 0.163 e. The molecule has 148 valence electrons. The summed E-state index contributed by atoms with van der Waals surface area (Å²) in [5.74, 6) is 2.01. The van der Waals surface area contributed by atoms with Crippen LogP contribution in [0.15, 0.2) is 83.2 Å². The van der Waals surface area contributed by atoms with E-state index in [0.29, 0.717) is 6.04 Å². The second-order valence-electron chi connectivity index (χ2n) is 7.93. The lowest BCUT2D eigenvalue weighted by atomic mass is 9.99. The Balaban J connectivity index is 1.63. The summed E-state index contributed by atoms with van der Waals surface area (Å²) >= 11 is 1.82. The van der Waals surface area contributed by atoms with Crippen molar-refractivity contribution < 1.29 is 0 Å². The molecule has 4 nitrogen and oxygen atoms in total.